The van der Waals surface area contributed by atoms with Crippen LogP contribution in [0.5, 0.6) is 5.75 Å². The largest absolute Gasteiger partial charge is 0.497 e. The van der Waals surface area contributed by atoms with Gasteiger partial charge in [0.05, 0.1) is 12.0 Å². The van der Waals surface area contributed by atoms with Crippen molar-refractivity contribution in [2.24, 2.45) is 5.92 Å². The van der Waals surface area contributed by atoms with Gasteiger partial charge in [0.25, 0.3) is 0 Å². The Bertz CT molecular complexity index is 1100. The number of hydrogen-bond donors (Lipinski definition) is 2. The number of methoxy groups -OCH3 is 1. The molecule has 0 spiro atoms. The average molecular weight is 447 g/mol. The lowest BCUT2D eigenvalue weighted by atomic mass is 10.1. The van der Waals surface area contributed by atoms with E-state index in [0.29, 0.717) is 5.01 Å². The first-order valence-electron chi connectivity index (χ1n) is 9.16. The Morgan fingerprint density at radius 1 is 1.03 bits per heavy atom. The van der Waals surface area contributed by atoms with Crippen LogP contribution in [0.25, 0.3) is 10.6 Å². The summed E-state index contributed by atoms with van der Waals surface area (Å²) in [5, 5.41) is 11.7. The summed E-state index contributed by atoms with van der Waals surface area (Å²) in [5.74, 6) is -0.0540. The van der Waals surface area contributed by atoms with Crippen LogP contribution in [-0.4, -0.2) is 37.7 Å². The van der Waals surface area contributed by atoms with Gasteiger partial charge in [-0.1, -0.05) is 43.4 Å². The monoisotopic (exact) mass is 446 g/mol. The fourth-order valence-electron chi connectivity index (χ4n) is 2.63. The number of rotatable bonds is 8. The summed E-state index contributed by atoms with van der Waals surface area (Å²) in [5.41, 5.74) is 0.832. The molecular formula is C20H22N4O4S2. The number of ether oxygens (including phenoxy) is 1. The minimum absolute atomic E-state index is 0.0983. The highest BCUT2D eigenvalue weighted by atomic mass is 32.2. The van der Waals surface area contributed by atoms with E-state index in [1.807, 2.05) is 24.3 Å². The smallest absolute Gasteiger partial charge is 0.244 e. The molecule has 30 heavy (non-hydrogen) atoms. The number of nitrogens with one attached hydrogen (secondary N) is 2. The first kappa shape index (κ1) is 21.9. The van der Waals surface area contributed by atoms with Gasteiger partial charge in [0.2, 0.25) is 21.1 Å². The molecule has 0 fully saturated rings. The maximum atomic E-state index is 12.8. The minimum atomic E-state index is -3.84. The summed E-state index contributed by atoms with van der Waals surface area (Å²) in [6.07, 6.45) is 0. The van der Waals surface area contributed by atoms with Gasteiger partial charge in [0, 0.05) is 5.56 Å². The van der Waals surface area contributed by atoms with Crippen molar-refractivity contribution in [1.82, 2.24) is 14.9 Å². The van der Waals surface area contributed by atoms with Crippen LogP contribution in [0.3, 0.4) is 0 Å². The van der Waals surface area contributed by atoms with Crippen LogP contribution in [0, 0.1) is 5.92 Å². The molecule has 0 aliphatic carbocycles. The third-order valence-electron chi connectivity index (χ3n) is 4.28. The van der Waals surface area contributed by atoms with Crippen molar-refractivity contribution in [2.75, 3.05) is 12.4 Å². The molecule has 158 valence electrons. The number of amides is 1. The zero-order valence-corrected chi connectivity index (χ0v) is 18.3. The molecule has 0 saturated heterocycles. The van der Waals surface area contributed by atoms with Crippen molar-refractivity contribution in [3.05, 3.63) is 54.6 Å². The fraction of sp³-hybridized carbons (Fsp3) is 0.250. The lowest BCUT2D eigenvalue weighted by molar-refractivity contribution is -0.118. The second-order valence-electron chi connectivity index (χ2n) is 6.79. The van der Waals surface area contributed by atoms with Gasteiger partial charge >= 0.3 is 0 Å². The van der Waals surface area contributed by atoms with Crippen LogP contribution in [0.15, 0.2) is 59.5 Å². The summed E-state index contributed by atoms with van der Waals surface area (Å²) < 4.78 is 32.9. The number of benzene rings is 2. The zero-order chi connectivity index (χ0) is 21.7. The van der Waals surface area contributed by atoms with Crippen molar-refractivity contribution < 1.29 is 17.9 Å². The van der Waals surface area contributed by atoms with Gasteiger partial charge in [0.1, 0.15) is 16.8 Å². The van der Waals surface area contributed by atoms with E-state index in [1.54, 1.807) is 39.2 Å². The van der Waals surface area contributed by atoms with E-state index in [-0.39, 0.29) is 15.9 Å². The molecule has 1 amide bonds. The Balaban J connectivity index is 1.73. The molecule has 10 heteroatoms. The topological polar surface area (TPSA) is 110 Å². The Morgan fingerprint density at radius 2 is 1.70 bits per heavy atom. The molecule has 0 aliphatic heterocycles. The van der Waals surface area contributed by atoms with Gasteiger partial charge in [-0.3, -0.25) is 10.1 Å². The summed E-state index contributed by atoms with van der Waals surface area (Å²) in [6.45, 7) is 3.53. The molecule has 0 radical (unpaired) electrons. The maximum absolute atomic E-state index is 12.8. The molecule has 3 aromatic rings. The fourth-order valence-corrected chi connectivity index (χ4v) is 4.75. The van der Waals surface area contributed by atoms with Gasteiger partial charge in [-0.2, -0.15) is 4.72 Å². The van der Waals surface area contributed by atoms with E-state index in [0.717, 1.165) is 11.3 Å². The Hall–Kier alpha value is -2.82. The number of hydrogen-bond acceptors (Lipinski definition) is 7. The number of sulfonamides is 1. The van der Waals surface area contributed by atoms with Crippen LogP contribution >= 0.6 is 11.3 Å². The van der Waals surface area contributed by atoms with Gasteiger partial charge in [0.15, 0.2) is 0 Å². The standard InChI is InChI=1S/C20H22N4O4S2/c1-13(2)17(24-30(26,27)16-7-5-4-6-8-16)18(25)21-20-23-22-19(29-20)14-9-11-15(28-3)12-10-14/h4-13,17,24H,1-3H3,(H,21,23,25). The predicted molar refractivity (Wildman–Crippen MR) is 116 cm³/mol. The van der Waals surface area contributed by atoms with E-state index in [4.69, 9.17) is 4.74 Å². The van der Waals surface area contributed by atoms with Crippen LogP contribution < -0.4 is 14.8 Å². The van der Waals surface area contributed by atoms with Crippen LogP contribution in [0.4, 0.5) is 5.13 Å². The number of anilines is 1. The number of carbonyl (C=O) groups excluding carboxylic acids is 1. The SMILES string of the molecule is COc1ccc(-c2nnc(NC(=O)C(NS(=O)(=O)c3ccccc3)C(C)C)s2)cc1. The number of nitrogens with zero attached hydrogens (tertiary/aromatic N) is 2. The number of carbonyl (C=O) groups is 1. The van der Waals surface area contributed by atoms with Gasteiger partial charge in [-0.15, -0.1) is 10.2 Å². The van der Waals surface area contributed by atoms with E-state index < -0.39 is 22.0 Å². The second-order valence-corrected chi connectivity index (χ2v) is 9.48. The van der Waals surface area contributed by atoms with Crippen molar-refractivity contribution in [1.29, 1.82) is 0 Å². The molecule has 3 rings (SSSR count). The molecule has 1 atom stereocenters. The summed E-state index contributed by atoms with van der Waals surface area (Å²) in [7, 11) is -2.25. The lowest BCUT2D eigenvalue weighted by Crippen LogP contribution is -2.47. The van der Waals surface area contributed by atoms with Crippen LogP contribution in [0.2, 0.25) is 0 Å². The van der Waals surface area contributed by atoms with Crippen molar-refractivity contribution >= 4 is 32.4 Å². The van der Waals surface area contributed by atoms with E-state index in [2.05, 4.69) is 20.2 Å². The second kappa shape index (κ2) is 9.33. The quantitative estimate of drug-likeness (QED) is 0.550. The highest BCUT2D eigenvalue weighted by Gasteiger charge is 2.29. The first-order chi connectivity index (χ1) is 14.3. The molecule has 0 saturated carbocycles. The van der Waals surface area contributed by atoms with Gasteiger partial charge in [-0.25, -0.2) is 8.42 Å². The van der Waals surface area contributed by atoms with Crippen molar-refractivity contribution in [3.8, 4) is 16.3 Å². The van der Waals surface area contributed by atoms with E-state index in [9.17, 15) is 13.2 Å². The Morgan fingerprint density at radius 3 is 2.30 bits per heavy atom. The van der Waals surface area contributed by atoms with Gasteiger partial charge in [-0.05, 0) is 42.3 Å². The molecule has 2 N–H and O–H groups in total. The summed E-state index contributed by atoms with van der Waals surface area (Å²) >= 11 is 1.20. The number of aromatic nitrogens is 2. The molecule has 1 aromatic heterocycles. The normalized spacial score (nSPS) is 12.5. The molecule has 0 aliphatic rings. The highest BCUT2D eigenvalue weighted by Crippen LogP contribution is 2.28. The van der Waals surface area contributed by atoms with Crippen molar-refractivity contribution in [2.45, 2.75) is 24.8 Å². The van der Waals surface area contributed by atoms with E-state index in [1.165, 1.54) is 23.5 Å². The Labute approximate surface area is 179 Å². The zero-order valence-electron chi connectivity index (χ0n) is 16.7. The molecule has 1 unspecified atom stereocenters. The molecule has 8 nitrogen and oxygen atoms in total. The highest BCUT2D eigenvalue weighted by molar-refractivity contribution is 7.89. The van der Waals surface area contributed by atoms with Gasteiger partial charge < -0.3 is 4.74 Å². The van der Waals surface area contributed by atoms with E-state index >= 15 is 0 Å². The third-order valence-corrected chi connectivity index (χ3v) is 6.62. The molecule has 1 heterocycles. The lowest BCUT2D eigenvalue weighted by Gasteiger charge is -2.20. The summed E-state index contributed by atoms with van der Waals surface area (Å²) in [4.78, 5) is 12.9. The molecular weight excluding hydrogens is 424 g/mol. The van der Waals surface area contributed by atoms with Crippen LogP contribution in [-0.2, 0) is 14.8 Å². The maximum Gasteiger partial charge on any atom is 0.244 e. The molecule has 2 aromatic carbocycles. The molecule has 0 bridgehead atoms. The predicted octanol–water partition coefficient (Wildman–Crippen LogP) is 3.16. The van der Waals surface area contributed by atoms with Crippen molar-refractivity contribution in [3.63, 3.8) is 0 Å². The van der Waals surface area contributed by atoms with Crippen LogP contribution in [0.1, 0.15) is 13.8 Å². The Kier molecular flexibility index (Phi) is 6.80. The first-order valence-corrected chi connectivity index (χ1v) is 11.5. The summed E-state index contributed by atoms with van der Waals surface area (Å²) in [6, 6.07) is 14.3. The minimum Gasteiger partial charge on any atom is -0.497 e. The average Bonchev–Trinajstić information content (AvgIpc) is 3.21. The third kappa shape index (κ3) is 5.21.